The lowest BCUT2D eigenvalue weighted by molar-refractivity contribution is 0.257. The normalized spacial score (nSPS) is 30.1. The highest BCUT2D eigenvalue weighted by Gasteiger charge is 2.25. The summed E-state index contributed by atoms with van der Waals surface area (Å²) >= 11 is 1.44. The summed E-state index contributed by atoms with van der Waals surface area (Å²) in [5.41, 5.74) is 6.19. The zero-order valence-corrected chi connectivity index (χ0v) is 9.33. The van der Waals surface area contributed by atoms with Gasteiger partial charge in [0.15, 0.2) is 0 Å². The van der Waals surface area contributed by atoms with E-state index in [2.05, 4.69) is 16.5 Å². The van der Waals surface area contributed by atoms with Crippen molar-refractivity contribution >= 4 is 11.5 Å². The number of hydrogen-bond acceptors (Lipinski definition) is 4. The van der Waals surface area contributed by atoms with Gasteiger partial charge in [-0.15, -0.1) is 5.10 Å². The molecule has 0 saturated heterocycles. The minimum Gasteiger partial charge on any atom is -0.323 e. The number of aromatic nitrogens is 2. The zero-order chi connectivity index (χ0) is 9.97. The second kappa shape index (κ2) is 4.36. The van der Waals surface area contributed by atoms with Crippen molar-refractivity contribution in [1.82, 2.24) is 9.59 Å². The highest BCUT2D eigenvalue weighted by atomic mass is 32.1. The molecule has 1 aliphatic rings. The number of rotatable bonds is 2. The first-order chi connectivity index (χ1) is 6.77. The van der Waals surface area contributed by atoms with E-state index < -0.39 is 0 Å². The predicted octanol–water partition coefficient (Wildman–Crippen LogP) is 2.36. The minimum atomic E-state index is 0.169. The lowest BCUT2D eigenvalue weighted by Crippen LogP contribution is -2.24. The molecule has 1 saturated carbocycles. The van der Waals surface area contributed by atoms with Gasteiger partial charge in [-0.3, -0.25) is 0 Å². The predicted molar refractivity (Wildman–Crippen MR) is 58.0 cm³/mol. The van der Waals surface area contributed by atoms with Crippen molar-refractivity contribution in [2.75, 3.05) is 0 Å². The van der Waals surface area contributed by atoms with Gasteiger partial charge in [0.05, 0.1) is 11.1 Å². The summed E-state index contributed by atoms with van der Waals surface area (Å²) in [5.74, 6) is 1.53. The Bertz CT molecular complexity index is 265. The van der Waals surface area contributed by atoms with E-state index in [-0.39, 0.29) is 6.04 Å². The molecule has 0 aromatic carbocycles. The van der Waals surface area contributed by atoms with E-state index in [0.29, 0.717) is 5.92 Å². The van der Waals surface area contributed by atoms with Crippen LogP contribution in [0, 0.1) is 11.8 Å². The molecule has 0 amide bonds. The van der Waals surface area contributed by atoms with E-state index >= 15 is 0 Å². The van der Waals surface area contributed by atoms with Crippen LogP contribution in [0.2, 0.25) is 0 Å². The maximum atomic E-state index is 6.19. The molecule has 0 aliphatic heterocycles. The van der Waals surface area contributed by atoms with Crippen molar-refractivity contribution in [3.63, 3.8) is 0 Å². The van der Waals surface area contributed by atoms with E-state index in [1.807, 2.05) is 6.20 Å². The number of hydrogen-bond donors (Lipinski definition) is 1. The van der Waals surface area contributed by atoms with Gasteiger partial charge in [0.2, 0.25) is 0 Å². The highest BCUT2D eigenvalue weighted by Crippen LogP contribution is 2.35. The van der Waals surface area contributed by atoms with Crippen LogP contribution >= 0.6 is 11.5 Å². The molecular formula is C10H17N3S. The molecule has 1 heterocycles. The molecule has 0 radical (unpaired) electrons. The van der Waals surface area contributed by atoms with E-state index in [9.17, 15) is 0 Å². The Labute approximate surface area is 88.9 Å². The second-order valence-corrected chi connectivity index (χ2v) is 5.18. The highest BCUT2D eigenvalue weighted by molar-refractivity contribution is 7.05. The molecule has 4 heteroatoms. The fraction of sp³-hybridized carbons (Fsp3) is 0.800. The molecule has 2 N–H and O–H groups in total. The van der Waals surface area contributed by atoms with Crippen LogP contribution in [0.5, 0.6) is 0 Å². The Balaban J connectivity index is 1.95. The van der Waals surface area contributed by atoms with Crippen LogP contribution in [-0.4, -0.2) is 9.59 Å². The van der Waals surface area contributed by atoms with Crippen molar-refractivity contribution in [3.05, 3.63) is 11.1 Å². The summed E-state index contributed by atoms with van der Waals surface area (Å²) in [6, 6.07) is 0.169. The number of nitrogens with two attached hydrogens (primary N) is 1. The molecule has 0 bridgehead atoms. The van der Waals surface area contributed by atoms with Gasteiger partial charge in [-0.05, 0) is 36.2 Å². The first-order valence-corrected chi connectivity index (χ1v) is 6.07. The van der Waals surface area contributed by atoms with Gasteiger partial charge >= 0.3 is 0 Å². The lowest BCUT2D eigenvalue weighted by Gasteiger charge is -2.29. The van der Waals surface area contributed by atoms with Gasteiger partial charge in [0.25, 0.3) is 0 Å². The van der Waals surface area contributed by atoms with Gasteiger partial charge in [-0.1, -0.05) is 24.3 Å². The number of nitrogens with zero attached hydrogens (tertiary/aromatic N) is 2. The average Bonchev–Trinajstić information content (AvgIpc) is 2.71. The SMILES string of the molecule is CC1CCC(C(N)c2cnns2)CC1. The van der Waals surface area contributed by atoms with Crippen LogP contribution in [0.1, 0.15) is 43.5 Å². The molecule has 1 aliphatic carbocycles. The summed E-state index contributed by atoms with van der Waals surface area (Å²) in [4.78, 5) is 1.14. The van der Waals surface area contributed by atoms with Crippen molar-refractivity contribution < 1.29 is 0 Å². The van der Waals surface area contributed by atoms with Crippen molar-refractivity contribution in [2.24, 2.45) is 17.6 Å². The molecule has 78 valence electrons. The van der Waals surface area contributed by atoms with Crippen LogP contribution in [0.4, 0.5) is 0 Å². The maximum absolute atomic E-state index is 6.19. The van der Waals surface area contributed by atoms with Gasteiger partial charge in [-0.2, -0.15) is 0 Å². The summed E-state index contributed by atoms with van der Waals surface area (Å²) in [6.07, 6.45) is 6.99. The molecule has 3 nitrogen and oxygen atoms in total. The Kier molecular flexibility index (Phi) is 3.13. The topological polar surface area (TPSA) is 51.8 Å². The van der Waals surface area contributed by atoms with E-state index in [1.165, 1.54) is 37.2 Å². The quantitative estimate of drug-likeness (QED) is 0.817. The summed E-state index contributed by atoms with van der Waals surface area (Å²) in [5, 5.41) is 3.84. The van der Waals surface area contributed by atoms with E-state index in [0.717, 1.165) is 10.8 Å². The maximum Gasteiger partial charge on any atom is 0.0669 e. The van der Waals surface area contributed by atoms with E-state index in [4.69, 9.17) is 5.73 Å². The van der Waals surface area contributed by atoms with Gasteiger partial charge in [0, 0.05) is 6.04 Å². The monoisotopic (exact) mass is 211 g/mol. The Hall–Kier alpha value is -0.480. The van der Waals surface area contributed by atoms with E-state index in [1.54, 1.807) is 0 Å². The molecule has 1 atom stereocenters. The Morgan fingerprint density at radius 2 is 2.14 bits per heavy atom. The van der Waals surface area contributed by atoms with Crippen LogP contribution in [0.3, 0.4) is 0 Å². The minimum absolute atomic E-state index is 0.169. The third-order valence-electron chi connectivity index (χ3n) is 3.28. The average molecular weight is 211 g/mol. The molecule has 1 aromatic heterocycles. The molecule has 14 heavy (non-hydrogen) atoms. The third kappa shape index (κ3) is 2.12. The Morgan fingerprint density at radius 3 is 2.71 bits per heavy atom. The summed E-state index contributed by atoms with van der Waals surface area (Å²) in [6.45, 7) is 2.33. The van der Waals surface area contributed by atoms with Crippen LogP contribution in [0.15, 0.2) is 6.20 Å². The van der Waals surface area contributed by atoms with Gasteiger partial charge in [0.1, 0.15) is 0 Å². The van der Waals surface area contributed by atoms with Crippen molar-refractivity contribution in [3.8, 4) is 0 Å². The van der Waals surface area contributed by atoms with Crippen LogP contribution in [0.25, 0.3) is 0 Å². The molecular weight excluding hydrogens is 194 g/mol. The molecule has 2 rings (SSSR count). The summed E-state index contributed by atoms with van der Waals surface area (Å²) < 4.78 is 3.86. The first kappa shape index (κ1) is 10.1. The smallest absolute Gasteiger partial charge is 0.0669 e. The lowest BCUT2D eigenvalue weighted by atomic mass is 9.79. The fourth-order valence-corrected chi connectivity index (χ4v) is 2.80. The van der Waals surface area contributed by atoms with Crippen molar-refractivity contribution in [1.29, 1.82) is 0 Å². The van der Waals surface area contributed by atoms with Gasteiger partial charge in [-0.25, -0.2) is 0 Å². The standard InChI is InChI=1S/C10H17N3S/c1-7-2-4-8(5-3-7)10(11)9-6-12-13-14-9/h6-8,10H,2-5,11H2,1H3. The molecule has 0 spiro atoms. The first-order valence-electron chi connectivity index (χ1n) is 5.30. The third-order valence-corrected chi connectivity index (χ3v) is 4.04. The van der Waals surface area contributed by atoms with Crippen molar-refractivity contribution in [2.45, 2.75) is 38.6 Å². The largest absolute Gasteiger partial charge is 0.323 e. The molecule has 1 aromatic rings. The van der Waals surface area contributed by atoms with Crippen LogP contribution in [-0.2, 0) is 0 Å². The van der Waals surface area contributed by atoms with Crippen LogP contribution < -0.4 is 5.73 Å². The molecule has 1 fully saturated rings. The van der Waals surface area contributed by atoms with Gasteiger partial charge < -0.3 is 5.73 Å². The second-order valence-electron chi connectivity index (χ2n) is 4.37. The fourth-order valence-electron chi connectivity index (χ4n) is 2.20. The summed E-state index contributed by atoms with van der Waals surface area (Å²) in [7, 11) is 0. The Morgan fingerprint density at radius 1 is 1.43 bits per heavy atom. The molecule has 1 unspecified atom stereocenters. The zero-order valence-electron chi connectivity index (χ0n) is 8.52.